The summed E-state index contributed by atoms with van der Waals surface area (Å²) in [6.07, 6.45) is 3.74. The third-order valence-electron chi connectivity index (χ3n) is 5.65. The van der Waals surface area contributed by atoms with Crippen LogP contribution in [0.1, 0.15) is 24.8 Å². The number of aliphatic imine (C=N–C) groups is 1. The van der Waals surface area contributed by atoms with E-state index in [0.717, 1.165) is 32.1 Å². The Bertz CT molecular complexity index is 614. The minimum atomic E-state index is 0.257. The number of rotatable bonds is 6. The van der Waals surface area contributed by atoms with Crippen molar-refractivity contribution in [3.63, 3.8) is 0 Å². The molecule has 0 atom stereocenters. The molecule has 2 fully saturated rings. The zero-order valence-corrected chi connectivity index (χ0v) is 17.7. The van der Waals surface area contributed by atoms with Gasteiger partial charge in [0.15, 0.2) is 5.96 Å². The highest BCUT2D eigenvalue weighted by Gasteiger charge is 2.45. The first-order chi connectivity index (χ1) is 12.6. The molecule has 1 aliphatic carbocycles. The van der Waals surface area contributed by atoms with Crippen LogP contribution in [0.5, 0.6) is 0 Å². The van der Waals surface area contributed by atoms with E-state index in [2.05, 4.69) is 72.7 Å². The number of hydrogen-bond acceptors (Lipinski definition) is 3. The lowest BCUT2D eigenvalue weighted by Crippen LogP contribution is -2.44. The fourth-order valence-corrected chi connectivity index (χ4v) is 4.42. The van der Waals surface area contributed by atoms with Crippen molar-refractivity contribution in [3.05, 3.63) is 34.3 Å². The van der Waals surface area contributed by atoms with E-state index in [0.29, 0.717) is 0 Å². The van der Waals surface area contributed by atoms with Gasteiger partial charge in [0, 0.05) is 49.7 Å². The van der Waals surface area contributed by atoms with Crippen LogP contribution in [0.2, 0.25) is 0 Å². The Morgan fingerprint density at radius 1 is 1.15 bits per heavy atom. The van der Waals surface area contributed by atoms with E-state index in [1.165, 1.54) is 48.9 Å². The van der Waals surface area contributed by atoms with E-state index in [4.69, 9.17) is 0 Å². The van der Waals surface area contributed by atoms with Gasteiger partial charge in [-0.15, -0.1) is 0 Å². The summed E-state index contributed by atoms with van der Waals surface area (Å²) in [5.74, 6) is 0.912. The SMILES string of the molecule is CN=C(NCCN1CCCN(C)CC1)NCC1(c2ccccc2Br)CC1. The summed E-state index contributed by atoms with van der Waals surface area (Å²) in [4.78, 5) is 9.37. The number of likely N-dealkylation sites (N-methyl/N-ethyl adjacent to an activating group) is 1. The summed E-state index contributed by atoms with van der Waals surface area (Å²) >= 11 is 3.71. The third kappa shape index (κ3) is 5.21. The molecular weight excluding hydrogens is 390 g/mol. The molecule has 0 radical (unpaired) electrons. The van der Waals surface area contributed by atoms with Gasteiger partial charge in [0.2, 0.25) is 0 Å². The summed E-state index contributed by atoms with van der Waals surface area (Å²) in [6, 6.07) is 8.59. The Morgan fingerprint density at radius 3 is 2.69 bits per heavy atom. The fraction of sp³-hybridized carbons (Fsp3) is 0.650. The van der Waals surface area contributed by atoms with E-state index in [9.17, 15) is 0 Å². The van der Waals surface area contributed by atoms with Gasteiger partial charge in [0.1, 0.15) is 0 Å². The Morgan fingerprint density at radius 2 is 1.96 bits per heavy atom. The highest BCUT2D eigenvalue weighted by atomic mass is 79.9. The zero-order chi connectivity index (χ0) is 18.4. The molecule has 1 aliphatic heterocycles. The van der Waals surface area contributed by atoms with Crippen molar-refractivity contribution in [3.8, 4) is 0 Å². The van der Waals surface area contributed by atoms with Crippen LogP contribution in [0.3, 0.4) is 0 Å². The van der Waals surface area contributed by atoms with Crippen LogP contribution < -0.4 is 10.6 Å². The minimum Gasteiger partial charge on any atom is -0.356 e. The van der Waals surface area contributed by atoms with Gasteiger partial charge < -0.3 is 20.4 Å². The maximum Gasteiger partial charge on any atom is 0.191 e. The number of hydrogen-bond donors (Lipinski definition) is 2. The molecule has 0 aromatic heterocycles. The third-order valence-corrected chi connectivity index (χ3v) is 6.34. The Labute approximate surface area is 166 Å². The quantitative estimate of drug-likeness (QED) is 0.546. The van der Waals surface area contributed by atoms with Gasteiger partial charge in [-0.1, -0.05) is 34.1 Å². The molecular formula is C20H32BrN5. The van der Waals surface area contributed by atoms with Crippen molar-refractivity contribution in [1.82, 2.24) is 20.4 Å². The summed E-state index contributed by atoms with van der Waals surface area (Å²) in [5, 5.41) is 7.03. The van der Waals surface area contributed by atoms with Crippen molar-refractivity contribution in [1.29, 1.82) is 0 Å². The van der Waals surface area contributed by atoms with E-state index in [1.54, 1.807) is 0 Å². The predicted octanol–water partition coefficient (Wildman–Crippen LogP) is 2.28. The van der Waals surface area contributed by atoms with Crippen molar-refractivity contribution < 1.29 is 0 Å². The predicted molar refractivity (Wildman–Crippen MR) is 113 cm³/mol. The molecule has 5 nitrogen and oxygen atoms in total. The largest absolute Gasteiger partial charge is 0.356 e. The zero-order valence-electron chi connectivity index (χ0n) is 16.1. The average Bonchev–Trinajstić information content (AvgIpc) is 3.45. The van der Waals surface area contributed by atoms with Crippen LogP contribution in [0, 0.1) is 0 Å². The maximum absolute atomic E-state index is 4.40. The van der Waals surface area contributed by atoms with E-state index in [-0.39, 0.29) is 5.41 Å². The summed E-state index contributed by atoms with van der Waals surface area (Å²) in [6.45, 7) is 7.68. The molecule has 0 spiro atoms. The fourth-order valence-electron chi connectivity index (χ4n) is 3.71. The molecule has 1 aromatic carbocycles. The van der Waals surface area contributed by atoms with Crippen molar-refractivity contribution >= 4 is 21.9 Å². The van der Waals surface area contributed by atoms with Crippen LogP contribution >= 0.6 is 15.9 Å². The van der Waals surface area contributed by atoms with Crippen LogP contribution in [-0.4, -0.2) is 75.7 Å². The highest BCUT2D eigenvalue weighted by molar-refractivity contribution is 9.10. The minimum absolute atomic E-state index is 0.257. The maximum atomic E-state index is 4.40. The Balaban J connectivity index is 1.43. The topological polar surface area (TPSA) is 42.9 Å². The van der Waals surface area contributed by atoms with Crippen molar-refractivity contribution in [2.75, 3.05) is 59.9 Å². The molecule has 0 unspecified atom stereocenters. The summed E-state index contributed by atoms with van der Waals surface area (Å²) < 4.78 is 1.22. The second-order valence-corrected chi connectivity index (χ2v) is 8.47. The average molecular weight is 422 g/mol. The summed E-state index contributed by atoms with van der Waals surface area (Å²) in [5.41, 5.74) is 1.67. The number of guanidine groups is 1. The number of nitrogens with zero attached hydrogens (tertiary/aromatic N) is 3. The van der Waals surface area contributed by atoms with E-state index < -0.39 is 0 Å². The van der Waals surface area contributed by atoms with Gasteiger partial charge >= 0.3 is 0 Å². The van der Waals surface area contributed by atoms with Crippen molar-refractivity contribution in [2.24, 2.45) is 4.99 Å². The first kappa shape index (κ1) is 19.6. The lowest BCUT2D eigenvalue weighted by molar-refractivity contribution is 0.280. The highest BCUT2D eigenvalue weighted by Crippen LogP contribution is 2.49. The molecule has 26 heavy (non-hydrogen) atoms. The smallest absolute Gasteiger partial charge is 0.191 e. The molecule has 6 heteroatoms. The lowest BCUT2D eigenvalue weighted by atomic mass is 9.96. The van der Waals surface area contributed by atoms with Crippen LogP contribution in [0.25, 0.3) is 0 Å². The number of nitrogens with one attached hydrogen (secondary N) is 2. The standard InChI is InChI=1S/C20H32BrN5/c1-22-19(23-10-13-26-12-5-11-25(2)14-15-26)24-16-20(8-9-20)17-6-3-4-7-18(17)21/h3-4,6-7H,5,8-16H2,1-2H3,(H2,22,23,24). The normalized spacial score (nSPS) is 21.3. The molecule has 2 aliphatic rings. The van der Waals surface area contributed by atoms with Gasteiger partial charge in [-0.25, -0.2) is 0 Å². The van der Waals surface area contributed by atoms with Crippen molar-refractivity contribution in [2.45, 2.75) is 24.7 Å². The second kappa shape index (κ2) is 9.20. The Kier molecular flexibility index (Phi) is 6.95. The van der Waals surface area contributed by atoms with Gasteiger partial charge in [0.05, 0.1) is 0 Å². The molecule has 1 saturated heterocycles. The molecule has 144 valence electrons. The van der Waals surface area contributed by atoms with Crippen LogP contribution in [-0.2, 0) is 5.41 Å². The van der Waals surface area contributed by atoms with E-state index >= 15 is 0 Å². The van der Waals surface area contributed by atoms with Gasteiger partial charge in [-0.2, -0.15) is 0 Å². The Hall–Kier alpha value is -1.11. The van der Waals surface area contributed by atoms with E-state index in [1.807, 2.05) is 7.05 Å². The second-order valence-electron chi connectivity index (χ2n) is 7.61. The molecule has 0 bridgehead atoms. The van der Waals surface area contributed by atoms with Gasteiger partial charge in [0.25, 0.3) is 0 Å². The first-order valence-corrected chi connectivity index (χ1v) is 10.5. The first-order valence-electron chi connectivity index (χ1n) is 9.73. The van der Waals surface area contributed by atoms with Crippen LogP contribution in [0.15, 0.2) is 33.7 Å². The van der Waals surface area contributed by atoms with Gasteiger partial charge in [-0.3, -0.25) is 4.99 Å². The molecule has 1 aromatic rings. The molecule has 2 N–H and O–H groups in total. The molecule has 0 amide bonds. The molecule has 3 rings (SSSR count). The lowest BCUT2D eigenvalue weighted by Gasteiger charge is -2.22. The monoisotopic (exact) mass is 421 g/mol. The number of halogens is 1. The molecule has 1 saturated carbocycles. The molecule has 1 heterocycles. The summed E-state index contributed by atoms with van der Waals surface area (Å²) in [7, 11) is 4.07. The van der Waals surface area contributed by atoms with Gasteiger partial charge in [-0.05, 0) is 51.0 Å². The number of benzene rings is 1. The van der Waals surface area contributed by atoms with Crippen LogP contribution in [0.4, 0.5) is 0 Å².